The number of aromatic amines is 1. The Hall–Kier alpha value is -2.99. The third kappa shape index (κ3) is 5.24. The lowest BCUT2D eigenvalue weighted by molar-refractivity contribution is 0.102. The Bertz CT molecular complexity index is 1510. The van der Waals surface area contributed by atoms with Gasteiger partial charge < -0.3 is 15.2 Å². The molecule has 1 amide bonds. The van der Waals surface area contributed by atoms with Crippen molar-refractivity contribution in [3.63, 3.8) is 0 Å². The van der Waals surface area contributed by atoms with Crippen LogP contribution in [0.4, 0.5) is 11.4 Å². The van der Waals surface area contributed by atoms with Gasteiger partial charge in [0.2, 0.25) is 0 Å². The fourth-order valence-electron chi connectivity index (χ4n) is 4.55. The second-order valence-electron chi connectivity index (χ2n) is 9.02. The maximum Gasteiger partial charge on any atom is 0.255 e. The summed E-state index contributed by atoms with van der Waals surface area (Å²) < 4.78 is 0.865. The molecule has 2 N–H and O–H groups in total. The average Bonchev–Trinajstić information content (AvgIpc) is 3.34. The molecule has 5 rings (SSSR count). The monoisotopic (exact) mass is 579 g/mol. The third-order valence-corrected chi connectivity index (χ3v) is 7.49. The van der Waals surface area contributed by atoms with Crippen LogP contribution in [-0.4, -0.2) is 17.4 Å². The van der Waals surface area contributed by atoms with E-state index in [2.05, 4.69) is 69.3 Å². The van der Waals surface area contributed by atoms with Crippen LogP contribution < -0.4 is 10.2 Å². The number of halogens is 3. The van der Waals surface area contributed by atoms with Gasteiger partial charge in [0.25, 0.3) is 5.91 Å². The first kappa shape index (κ1) is 24.7. The number of aromatic nitrogens is 1. The molecule has 0 atom stereocenters. The SMILES string of the molecule is Cc1cc(C)c(C=C2CN(Cc3ccc(Cl)c(Cl)c3)c3ccc(NC(=O)c4cccc(Br)c4)cc32)[nH]1. The van der Waals surface area contributed by atoms with Gasteiger partial charge in [0, 0.05) is 51.5 Å². The van der Waals surface area contributed by atoms with Crippen LogP contribution in [0.2, 0.25) is 10.0 Å². The van der Waals surface area contributed by atoms with E-state index in [-0.39, 0.29) is 5.91 Å². The zero-order chi connectivity index (χ0) is 25.4. The van der Waals surface area contributed by atoms with Crippen molar-refractivity contribution in [1.29, 1.82) is 0 Å². The van der Waals surface area contributed by atoms with E-state index in [1.165, 1.54) is 11.1 Å². The van der Waals surface area contributed by atoms with Crippen LogP contribution in [0.5, 0.6) is 0 Å². The number of aryl methyl sites for hydroxylation is 2. The smallest absolute Gasteiger partial charge is 0.255 e. The quantitative estimate of drug-likeness (QED) is 0.248. The molecular formula is C29H24BrCl2N3O. The minimum Gasteiger partial charge on any atom is -0.362 e. The summed E-state index contributed by atoms with van der Waals surface area (Å²) in [6.45, 7) is 5.58. The molecule has 1 aliphatic rings. The molecule has 0 unspecified atom stereocenters. The Balaban J connectivity index is 1.49. The number of fused-ring (bicyclic) bond motifs is 1. The maximum atomic E-state index is 12.9. The molecule has 1 aromatic heterocycles. The van der Waals surface area contributed by atoms with Crippen molar-refractivity contribution in [2.75, 3.05) is 16.8 Å². The molecule has 0 saturated carbocycles. The van der Waals surface area contributed by atoms with Crippen LogP contribution in [0.15, 0.2) is 71.2 Å². The molecule has 0 saturated heterocycles. The molecule has 7 heteroatoms. The van der Waals surface area contributed by atoms with Crippen molar-refractivity contribution in [2.45, 2.75) is 20.4 Å². The van der Waals surface area contributed by atoms with Crippen molar-refractivity contribution in [1.82, 2.24) is 4.98 Å². The highest BCUT2D eigenvalue weighted by atomic mass is 79.9. The fraction of sp³-hybridized carbons (Fsp3) is 0.138. The Labute approximate surface area is 229 Å². The summed E-state index contributed by atoms with van der Waals surface area (Å²) in [6, 6.07) is 21.3. The first-order valence-electron chi connectivity index (χ1n) is 11.5. The maximum absolute atomic E-state index is 12.9. The second kappa shape index (κ2) is 10.2. The summed E-state index contributed by atoms with van der Waals surface area (Å²) in [6.07, 6.45) is 2.20. The van der Waals surface area contributed by atoms with Gasteiger partial charge in [-0.05, 0) is 91.2 Å². The molecule has 36 heavy (non-hydrogen) atoms. The Morgan fingerprint density at radius 3 is 2.61 bits per heavy atom. The van der Waals surface area contributed by atoms with Crippen LogP contribution in [-0.2, 0) is 6.54 Å². The van der Waals surface area contributed by atoms with Gasteiger partial charge in [-0.2, -0.15) is 0 Å². The third-order valence-electron chi connectivity index (χ3n) is 6.25. The van der Waals surface area contributed by atoms with Gasteiger partial charge in [-0.1, -0.05) is 51.3 Å². The number of benzene rings is 3. The van der Waals surface area contributed by atoms with Gasteiger partial charge in [0.05, 0.1) is 10.0 Å². The van der Waals surface area contributed by atoms with Crippen molar-refractivity contribution < 1.29 is 4.79 Å². The molecule has 0 aliphatic carbocycles. The normalized spacial score (nSPS) is 13.8. The van der Waals surface area contributed by atoms with Crippen molar-refractivity contribution in [3.05, 3.63) is 115 Å². The lowest BCUT2D eigenvalue weighted by atomic mass is 10.0. The summed E-state index contributed by atoms with van der Waals surface area (Å²) >= 11 is 15.8. The lowest BCUT2D eigenvalue weighted by Crippen LogP contribution is -2.19. The van der Waals surface area contributed by atoms with E-state index >= 15 is 0 Å². The first-order valence-corrected chi connectivity index (χ1v) is 13.1. The molecule has 0 bridgehead atoms. The van der Waals surface area contributed by atoms with E-state index in [1.807, 2.05) is 42.5 Å². The van der Waals surface area contributed by atoms with E-state index in [9.17, 15) is 4.79 Å². The van der Waals surface area contributed by atoms with Crippen molar-refractivity contribution >= 4 is 68.1 Å². The van der Waals surface area contributed by atoms with Gasteiger partial charge in [0.15, 0.2) is 0 Å². The zero-order valence-corrected chi connectivity index (χ0v) is 22.9. The van der Waals surface area contributed by atoms with Crippen LogP contribution in [0.1, 0.15) is 38.4 Å². The molecule has 1 aliphatic heterocycles. The predicted molar refractivity (Wildman–Crippen MR) is 154 cm³/mol. The number of carbonyl (C=O) groups excluding carboxylic acids is 1. The number of nitrogens with one attached hydrogen (secondary N) is 2. The fourth-order valence-corrected chi connectivity index (χ4v) is 5.27. The molecule has 3 aromatic carbocycles. The summed E-state index contributed by atoms with van der Waals surface area (Å²) in [7, 11) is 0. The van der Waals surface area contributed by atoms with Gasteiger partial charge >= 0.3 is 0 Å². The van der Waals surface area contributed by atoms with E-state index < -0.39 is 0 Å². The lowest BCUT2D eigenvalue weighted by Gasteiger charge is -2.20. The highest BCUT2D eigenvalue weighted by Gasteiger charge is 2.25. The summed E-state index contributed by atoms with van der Waals surface area (Å²) in [5.41, 5.74) is 9.21. The largest absolute Gasteiger partial charge is 0.362 e. The standard InChI is InChI=1S/C29H24BrCl2N3O/c1-17-10-18(2)33-27(17)13-21-16-35(15-19-6-8-25(31)26(32)11-19)28-9-7-23(14-24(21)28)34-29(36)20-4-3-5-22(30)12-20/h3-14,33H,15-16H2,1-2H3,(H,34,36). The van der Waals surface area contributed by atoms with E-state index in [1.54, 1.807) is 6.07 Å². The van der Waals surface area contributed by atoms with Crippen LogP contribution in [0.25, 0.3) is 11.6 Å². The van der Waals surface area contributed by atoms with Gasteiger partial charge in [0.1, 0.15) is 0 Å². The topological polar surface area (TPSA) is 48.1 Å². The molecule has 2 heterocycles. The molecule has 0 spiro atoms. The van der Waals surface area contributed by atoms with Gasteiger partial charge in [-0.15, -0.1) is 0 Å². The number of hydrogen-bond donors (Lipinski definition) is 2. The van der Waals surface area contributed by atoms with Gasteiger partial charge in [-0.3, -0.25) is 4.79 Å². The zero-order valence-electron chi connectivity index (χ0n) is 19.8. The van der Waals surface area contributed by atoms with Crippen LogP contribution in [0, 0.1) is 13.8 Å². The summed E-state index contributed by atoms with van der Waals surface area (Å²) in [5, 5.41) is 4.14. The van der Waals surface area contributed by atoms with Crippen LogP contribution in [0.3, 0.4) is 0 Å². The van der Waals surface area contributed by atoms with Crippen molar-refractivity contribution in [2.24, 2.45) is 0 Å². The number of rotatable bonds is 5. The van der Waals surface area contributed by atoms with Crippen LogP contribution >= 0.6 is 39.1 Å². The van der Waals surface area contributed by atoms with Gasteiger partial charge in [-0.25, -0.2) is 0 Å². The highest BCUT2D eigenvalue weighted by molar-refractivity contribution is 9.10. The summed E-state index contributed by atoms with van der Waals surface area (Å²) in [5.74, 6) is -0.150. The molecular weight excluding hydrogens is 557 g/mol. The average molecular weight is 581 g/mol. The highest BCUT2D eigenvalue weighted by Crippen LogP contribution is 2.40. The Morgan fingerprint density at radius 1 is 1.06 bits per heavy atom. The molecule has 0 radical (unpaired) electrons. The number of amides is 1. The second-order valence-corrected chi connectivity index (χ2v) is 10.7. The predicted octanol–water partition coefficient (Wildman–Crippen LogP) is 8.51. The Kier molecular flexibility index (Phi) is 6.98. The Morgan fingerprint density at radius 2 is 1.89 bits per heavy atom. The molecule has 4 aromatic rings. The van der Waals surface area contributed by atoms with E-state index in [4.69, 9.17) is 23.2 Å². The summed E-state index contributed by atoms with van der Waals surface area (Å²) in [4.78, 5) is 18.6. The number of H-pyrrole nitrogens is 1. The minimum atomic E-state index is -0.150. The van der Waals surface area contributed by atoms with E-state index in [0.717, 1.165) is 44.9 Å². The molecule has 182 valence electrons. The molecule has 0 fully saturated rings. The molecule has 4 nitrogen and oxygen atoms in total. The number of hydrogen-bond acceptors (Lipinski definition) is 2. The number of carbonyl (C=O) groups is 1. The first-order chi connectivity index (χ1) is 17.3. The number of anilines is 2. The number of nitrogens with zero attached hydrogens (tertiary/aromatic N) is 1. The minimum absolute atomic E-state index is 0.150. The van der Waals surface area contributed by atoms with Crippen molar-refractivity contribution in [3.8, 4) is 0 Å². The van der Waals surface area contributed by atoms with E-state index in [0.29, 0.717) is 22.2 Å².